The number of rotatable bonds is 0. The molecule has 0 amide bonds. The molecule has 0 atom stereocenters. The summed E-state index contributed by atoms with van der Waals surface area (Å²) in [5.41, 5.74) is 0. The second-order valence-electron chi connectivity index (χ2n) is 0. The van der Waals surface area contributed by atoms with Gasteiger partial charge in [-0.15, -0.1) is 0 Å². The van der Waals surface area contributed by atoms with Gasteiger partial charge in [0, 0.05) is 55.6 Å². The normalized spacial score (nSPS) is 0. The van der Waals surface area contributed by atoms with E-state index in [9.17, 15) is 0 Å². The van der Waals surface area contributed by atoms with Crippen molar-refractivity contribution >= 4 is 23.9 Å². The minimum atomic E-state index is 0. The van der Waals surface area contributed by atoms with Crippen molar-refractivity contribution in [2.24, 2.45) is 0 Å². The Morgan fingerprint density at radius 1 is 1.00 bits per heavy atom. The summed E-state index contributed by atoms with van der Waals surface area (Å²) in [5.74, 6) is 0. The van der Waals surface area contributed by atoms with Crippen molar-refractivity contribution in [3.05, 3.63) is 0 Å². The van der Waals surface area contributed by atoms with E-state index in [-0.39, 0.29) is 79.5 Å². The third-order valence-corrected chi connectivity index (χ3v) is 0. The Kier molecular flexibility index (Phi) is 138. The first-order valence-electron chi connectivity index (χ1n) is 0. The van der Waals surface area contributed by atoms with Crippen molar-refractivity contribution in [1.82, 2.24) is 0 Å². The maximum Gasteiger partial charge on any atom is 0 e. The monoisotopic (exact) mass is 287 g/mol. The van der Waals surface area contributed by atoms with E-state index in [0.29, 0.717) is 0 Å². The van der Waals surface area contributed by atoms with Crippen molar-refractivity contribution in [1.29, 1.82) is 0 Å². The van der Waals surface area contributed by atoms with Crippen LogP contribution in [0.15, 0.2) is 0 Å². The van der Waals surface area contributed by atoms with Gasteiger partial charge >= 0.3 is 23.9 Å². The molecule has 4 heavy (non-hydrogen) atoms. The topological polar surface area (TPSA) is 0 Å². The molecular weight excluding hydrogens is 281 g/mol. The quantitative estimate of drug-likeness (QED) is 0.477. The van der Waals surface area contributed by atoms with Crippen LogP contribution in [0.4, 0.5) is 0 Å². The molecule has 0 unspecified atom stereocenters. The first kappa shape index (κ1) is 31.1. The van der Waals surface area contributed by atoms with Crippen LogP contribution in [-0.4, -0.2) is 23.9 Å². The van der Waals surface area contributed by atoms with Gasteiger partial charge in [-0.3, -0.25) is 0 Å². The van der Waals surface area contributed by atoms with E-state index in [0.717, 1.165) is 0 Å². The average Bonchev–Trinajstić information content (AvgIpc) is 0. The SMILES string of the molecule is [Co].[Fe].[SnH4].[Ti]. The summed E-state index contributed by atoms with van der Waals surface area (Å²) in [7, 11) is 0. The summed E-state index contributed by atoms with van der Waals surface area (Å²) in [6, 6.07) is 0. The molecule has 0 saturated heterocycles. The third-order valence-electron chi connectivity index (χ3n) is 0. The molecule has 0 aliphatic carbocycles. The van der Waals surface area contributed by atoms with Crippen LogP contribution in [0, 0.1) is 0 Å². The fourth-order valence-electron chi connectivity index (χ4n) is 0. The smallest absolute Gasteiger partial charge is 0 e. The Morgan fingerprint density at radius 3 is 1.00 bits per heavy atom. The molecule has 0 saturated carbocycles. The van der Waals surface area contributed by atoms with Gasteiger partial charge in [0.25, 0.3) is 0 Å². The summed E-state index contributed by atoms with van der Waals surface area (Å²) in [6.07, 6.45) is 0. The van der Waals surface area contributed by atoms with Crippen molar-refractivity contribution in [3.63, 3.8) is 0 Å². The molecule has 0 rings (SSSR count). The van der Waals surface area contributed by atoms with Gasteiger partial charge in [0.05, 0.1) is 0 Å². The van der Waals surface area contributed by atoms with Gasteiger partial charge in [-0.25, -0.2) is 0 Å². The van der Waals surface area contributed by atoms with Gasteiger partial charge < -0.3 is 0 Å². The summed E-state index contributed by atoms with van der Waals surface area (Å²) in [4.78, 5) is 0. The molecule has 0 heterocycles. The third kappa shape index (κ3) is 8.82. The van der Waals surface area contributed by atoms with Crippen LogP contribution >= 0.6 is 0 Å². The van der Waals surface area contributed by atoms with E-state index >= 15 is 0 Å². The molecule has 0 bridgehead atoms. The Labute approximate surface area is 78.4 Å². The van der Waals surface area contributed by atoms with Gasteiger partial charge in [-0.1, -0.05) is 0 Å². The molecule has 0 aromatic heterocycles. The predicted molar refractivity (Wildman–Crippen MR) is 11.3 cm³/mol. The summed E-state index contributed by atoms with van der Waals surface area (Å²) < 4.78 is 0. The average molecular weight is 285 g/mol. The molecule has 0 aliphatic rings. The molecule has 0 aromatic carbocycles. The van der Waals surface area contributed by atoms with Crippen LogP contribution in [0.3, 0.4) is 0 Å². The van der Waals surface area contributed by atoms with Crippen LogP contribution in [0.1, 0.15) is 0 Å². The molecule has 0 nitrogen and oxygen atoms in total. The first-order chi connectivity index (χ1) is 0. The van der Waals surface area contributed by atoms with Crippen LogP contribution in [0.25, 0.3) is 0 Å². The molecule has 4 heteroatoms. The zero-order valence-electron chi connectivity index (χ0n) is 1.19. The van der Waals surface area contributed by atoms with Crippen LogP contribution in [-0.2, 0) is 55.6 Å². The minimum absolute atomic E-state index is 0. The predicted octanol–water partition coefficient (Wildman–Crippen LogP) is -1.46. The summed E-state index contributed by atoms with van der Waals surface area (Å²) >= 11 is 0. The number of hydrogen-bond donors (Lipinski definition) is 0. The van der Waals surface area contributed by atoms with E-state index in [2.05, 4.69) is 0 Å². The van der Waals surface area contributed by atoms with Gasteiger partial charge in [0.2, 0.25) is 0 Å². The fraction of sp³-hybridized carbons (Fsp3) is 0. The van der Waals surface area contributed by atoms with Gasteiger partial charge in [0.15, 0.2) is 0 Å². The second kappa shape index (κ2) is 17.7. The van der Waals surface area contributed by atoms with Crippen molar-refractivity contribution in [2.75, 3.05) is 0 Å². The summed E-state index contributed by atoms with van der Waals surface area (Å²) in [6.45, 7) is 0. The van der Waals surface area contributed by atoms with Gasteiger partial charge in [-0.05, 0) is 0 Å². The molecule has 29 valence electrons. The van der Waals surface area contributed by atoms with E-state index < -0.39 is 0 Å². The Balaban J connectivity index is 0. The van der Waals surface area contributed by atoms with E-state index in [1.165, 1.54) is 0 Å². The first-order valence-corrected chi connectivity index (χ1v) is 0. The molecule has 0 N–H and O–H groups in total. The zero-order valence-corrected chi connectivity index (χ0v) is 4.89. The molecule has 1 radical (unpaired) electrons. The van der Waals surface area contributed by atoms with Gasteiger partial charge in [-0.2, -0.15) is 0 Å². The Morgan fingerprint density at radius 2 is 1.00 bits per heavy atom. The van der Waals surface area contributed by atoms with Crippen molar-refractivity contribution < 1.29 is 55.6 Å². The molecule has 0 spiro atoms. The van der Waals surface area contributed by atoms with Crippen LogP contribution in [0.5, 0.6) is 0 Å². The van der Waals surface area contributed by atoms with E-state index in [1.54, 1.807) is 0 Å². The minimum Gasteiger partial charge on any atom is 0 e. The fourth-order valence-corrected chi connectivity index (χ4v) is 0. The molecular formula is H4CoFeSnTi. The molecule has 0 aromatic rings. The van der Waals surface area contributed by atoms with Crippen molar-refractivity contribution in [3.8, 4) is 0 Å². The van der Waals surface area contributed by atoms with Crippen LogP contribution < -0.4 is 0 Å². The van der Waals surface area contributed by atoms with Gasteiger partial charge in [0.1, 0.15) is 0 Å². The van der Waals surface area contributed by atoms with Crippen LogP contribution in [0.2, 0.25) is 0 Å². The Hall–Kier alpha value is 2.54. The maximum absolute atomic E-state index is 0. The summed E-state index contributed by atoms with van der Waals surface area (Å²) in [5, 5.41) is 0. The maximum atomic E-state index is 0. The Bertz CT molecular complexity index is 8.00. The molecule has 0 fully saturated rings. The van der Waals surface area contributed by atoms with E-state index in [4.69, 9.17) is 0 Å². The van der Waals surface area contributed by atoms with Crippen molar-refractivity contribution in [2.45, 2.75) is 0 Å². The number of hydrogen-bond acceptors (Lipinski definition) is 0. The largest absolute Gasteiger partial charge is 0 e. The second-order valence-corrected chi connectivity index (χ2v) is 0. The van der Waals surface area contributed by atoms with E-state index in [1.807, 2.05) is 0 Å². The standard InChI is InChI=1S/Co.Fe.Sn.Ti.4H. The zero-order chi connectivity index (χ0) is 0. The molecule has 0 aliphatic heterocycles.